The van der Waals surface area contributed by atoms with Crippen LogP contribution >= 0.6 is 22.6 Å². The predicted octanol–water partition coefficient (Wildman–Crippen LogP) is 2.50. The van der Waals surface area contributed by atoms with E-state index in [9.17, 15) is 26.8 Å². The van der Waals surface area contributed by atoms with Crippen molar-refractivity contribution in [2.24, 2.45) is 0 Å². The summed E-state index contributed by atoms with van der Waals surface area (Å²) < 4.78 is 72.6. The molecule has 0 amide bonds. The normalized spacial score (nSPS) is 25.3. The van der Waals surface area contributed by atoms with Crippen LogP contribution in [0.2, 0.25) is 0 Å². The molecule has 0 aromatic heterocycles. The Kier molecular flexibility index (Phi) is 5.10. The van der Waals surface area contributed by atoms with E-state index >= 15 is 0 Å². The molecule has 0 radical (unpaired) electrons. The molecule has 2 aliphatic rings. The Labute approximate surface area is 166 Å². The standard InChI is InChI=1S/C15H13F2IO8S/c16-15(17,27(21,22)23)13(20)24-9-3-5-14(6-4-9)25-11-2-1-8(18)7-10(11)12(19)26-14/h1-2,7,9H,3-6H2,(H,21,22,23). The van der Waals surface area contributed by atoms with Crippen molar-refractivity contribution in [3.05, 3.63) is 27.3 Å². The monoisotopic (exact) mass is 518 g/mol. The van der Waals surface area contributed by atoms with Gasteiger partial charge in [-0.05, 0) is 53.6 Å². The summed E-state index contributed by atoms with van der Waals surface area (Å²) in [5, 5.41) is -5.05. The van der Waals surface area contributed by atoms with Gasteiger partial charge < -0.3 is 14.2 Å². The maximum Gasteiger partial charge on any atom is 0.465 e. The highest BCUT2D eigenvalue weighted by Gasteiger charge is 2.55. The molecule has 1 aromatic carbocycles. The summed E-state index contributed by atoms with van der Waals surface area (Å²) in [6.07, 6.45) is -0.921. The molecule has 148 valence electrons. The van der Waals surface area contributed by atoms with Crippen molar-refractivity contribution in [2.75, 3.05) is 0 Å². The van der Waals surface area contributed by atoms with Gasteiger partial charge in [-0.15, -0.1) is 0 Å². The lowest BCUT2D eigenvalue weighted by Gasteiger charge is -2.41. The number of hydrogen-bond acceptors (Lipinski definition) is 7. The van der Waals surface area contributed by atoms with Crippen molar-refractivity contribution in [3.63, 3.8) is 0 Å². The van der Waals surface area contributed by atoms with Crippen molar-refractivity contribution in [3.8, 4) is 5.75 Å². The first kappa shape index (κ1) is 20.2. The predicted molar refractivity (Wildman–Crippen MR) is 92.8 cm³/mol. The molecular formula is C15H13F2IO8S. The minimum absolute atomic E-state index is 0.000275. The molecule has 1 aliphatic carbocycles. The van der Waals surface area contributed by atoms with E-state index in [4.69, 9.17) is 14.0 Å². The van der Waals surface area contributed by atoms with Crippen LogP contribution in [0.15, 0.2) is 18.2 Å². The molecule has 12 heteroatoms. The third-order valence-corrected chi connectivity index (χ3v) is 5.75. The zero-order valence-electron chi connectivity index (χ0n) is 13.5. The summed E-state index contributed by atoms with van der Waals surface area (Å²) in [5.41, 5.74) is 0.272. The quantitative estimate of drug-likeness (QED) is 0.369. The minimum Gasteiger partial charge on any atom is -0.457 e. The van der Waals surface area contributed by atoms with E-state index in [1.54, 1.807) is 18.2 Å². The number of alkyl halides is 2. The number of ether oxygens (including phenoxy) is 3. The number of fused-ring (bicyclic) bond motifs is 1. The van der Waals surface area contributed by atoms with E-state index in [2.05, 4.69) is 4.74 Å². The van der Waals surface area contributed by atoms with E-state index in [-0.39, 0.29) is 31.2 Å². The Morgan fingerprint density at radius 2 is 1.93 bits per heavy atom. The second-order valence-corrected chi connectivity index (χ2v) is 8.85. The number of carbonyl (C=O) groups excluding carboxylic acids is 2. The Morgan fingerprint density at radius 1 is 1.30 bits per heavy atom. The lowest BCUT2D eigenvalue weighted by Crippen LogP contribution is -2.49. The number of benzene rings is 1. The first-order chi connectivity index (χ1) is 12.4. The van der Waals surface area contributed by atoms with E-state index < -0.39 is 39.2 Å². The van der Waals surface area contributed by atoms with Crippen molar-refractivity contribution in [1.82, 2.24) is 0 Å². The van der Waals surface area contributed by atoms with Gasteiger partial charge in [0.15, 0.2) is 0 Å². The Hall–Kier alpha value is -1.54. The summed E-state index contributed by atoms with van der Waals surface area (Å²) in [4.78, 5) is 23.6. The summed E-state index contributed by atoms with van der Waals surface area (Å²) in [6.45, 7) is 0. The van der Waals surface area contributed by atoms with Crippen LogP contribution in [-0.4, -0.2) is 42.1 Å². The third kappa shape index (κ3) is 3.87. The number of carbonyl (C=O) groups is 2. The first-order valence-corrected chi connectivity index (χ1v) is 10.2. The molecule has 1 N–H and O–H groups in total. The minimum atomic E-state index is -5.93. The van der Waals surface area contributed by atoms with E-state index in [0.29, 0.717) is 5.75 Å². The molecule has 8 nitrogen and oxygen atoms in total. The third-order valence-electron chi connectivity index (χ3n) is 4.27. The molecule has 0 unspecified atom stereocenters. The molecule has 1 heterocycles. The highest BCUT2D eigenvalue weighted by Crippen LogP contribution is 2.41. The Morgan fingerprint density at radius 3 is 2.52 bits per heavy atom. The van der Waals surface area contributed by atoms with Crippen LogP contribution in [0.1, 0.15) is 36.0 Å². The van der Waals surface area contributed by atoms with Crippen LogP contribution in [-0.2, 0) is 24.4 Å². The molecule has 27 heavy (non-hydrogen) atoms. The number of hydrogen-bond donors (Lipinski definition) is 1. The molecule has 0 bridgehead atoms. The molecule has 1 aromatic rings. The van der Waals surface area contributed by atoms with Crippen LogP contribution in [0.5, 0.6) is 5.75 Å². The highest BCUT2D eigenvalue weighted by atomic mass is 127. The molecule has 1 spiro atoms. The zero-order chi connectivity index (χ0) is 20.0. The molecular weight excluding hydrogens is 505 g/mol. The zero-order valence-corrected chi connectivity index (χ0v) is 16.5. The molecule has 1 aliphatic heterocycles. The highest BCUT2D eigenvalue weighted by molar-refractivity contribution is 14.1. The van der Waals surface area contributed by atoms with Crippen LogP contribution < -0.4 is 4.74 Å². The van der Waals surface area contributed by atoms with Gasteiger partial charge in [0, 0.05) is 16.4 Å². The van der Waals surface area contributed by atoms with Crippen LogP contribution in [0, 0.1) is 3.57 Å². The van der Waals surface area contributed by atoms with Gasteiger partial charge in [-0.25, -0.2) is 9.59 Å². The van der Waals surface area contributed by atoms with E-state index in [1.165, 1.54) is 0 Å². The van der Waals surface area contributed by atoms with Gasteiger partial charge in [0.1, 0.15) is 17.4 Å². The molecule has 3 rings (SSSR count). The van der Waals surface area contributed by atoms with Gasteiger partial charge in [-0.1, -0.05) is 0 Å². The van der Waals surface area contributed by atoms with Crippen molar-refractivity contribution >= 4 is 44.6 Å². The van der Waals surface area contributed by atoms with Crippen LogP contribution in [0.4, 0.5) is 8.78 Å². The Bertz CT molecular complexity index is 893. The second-order valence-electron chi connectivity index (χ2n) is 6.14. The summed E-state index contributed by atoms with van der Waals surface area (Å²) in [5.74, 6) is -3.90. The van der Waals surface area contributed by atoms with Crippen LogP contribution in [0.3, 0.4) is 0 Å². The van der Waals surface area contributed by atoms with Gasteiger partial charge in [0.05, 0.1) is 0 Å². The maximum absolute atomic E-state index is 13.3. The summed E-state index contributed by atoms with van der Waals surface area (Å²) in [6, 6.07) is 4.98. The number of halogens is 3. The smallest absolute Gasteiger partial charge is 0.457 e. The first-order valence-electron chi connectivity index (χ1n) is 7.71. The van der Waals surface area contributed by atoms with Gasteiger partial charge in [0.2, 0.25) is 0 Å². The van der Waals surface area contributed by atoms with Crippen molar-refractivity contribution in [1.29, 1.82) is 0 Å². The second kappa shape index (κ2) is 6.81. The fourth-order valence-corrected chi connectivity index (χ4v) is 3.62. The SMILES string of the molecule is O=C1OC2(CCC(OC(=O)C(F)(F)S(=O)(=O)O)CC2)Oc2ccc(I)cc21. The van der Waals surface area contributed by atoms with Crippen molar-refractivity contribution in [2.45, 2.75) is 42.8 Å². The summed E-state index contributed by atoms with van der Waals surface area (Å²) >= 11 is 2.03. The fraction of sp³-hybridized carbons (Fsp3) is 0.467. The topological polar surface area (TPSA) is 116 Å². The van der Waals surface area contributed by atoms with Gasteiger partial charge in [-0.2, -0.15) is 17.2 Å². The van der Waals surface area contributed by atoms with E-state index in [0.717, 1.165) is 3.57 Å². The fourth-order valence-electron chi connectivity index (χ4n) is 2.87. The average molecular weight is 518 g/mol. The molecule has 0 atom stereocenters. The molecule has 1 fully saturated rings. The van der Waals surface area contributed by atoms with E-state index in [1.807, 2.05) is 22.6 Å². The summed E-state index contributed by atoms with van der Waals surface area (Å²) in [7, 11) is -5.93. The van der Waals surface area contributed by atoms with Gasteiger partial charge in [-0.3, -0.25) is 4.55 Å². The number of rotatable bonds is 3. The Balaban J connectivity index is 1.67. The van der Waals surface area contributed by atoms with Gasteiger partial charge >= 0.3 is 27.3 Å². The lowest BCUT2D eigenvalue weighted by atomic mass is 9.90. The van der Waals surface area contributed by atoms with Gasteiger partial charge in [0.25, 0.3) is 5.79 Å². The molecule has 0 saturated heterocycles. The molecule has 1 saturated carbocycles. The lowest BCUT2D eigenvalue weighted by molar-refractivity contribution is -0.196. The van der Waals surface area contributed by atoms with Crippen molar-refractivity contribution < 1.29 is 45.6 Å². The maximum atomic E-state index is 13.3. The van der Waals surface area contributed by atoms with Crippen LogP contribution in [0.25, 0.3) is 0 Å². The largest absolute Gasteiger partial charge is 0.465 e. The number of esters is 2. The average Bonchev–Trinajstić information content (AvgIpc) is 2.57.